The molecule has 8 heteroatoms. The van der Waals surface area contributed by atoms with Crippen LogP contribution in [0.15, 0.2) is 30.3 Å². The largest absolute Gasteiger partial charge is 0.349 e. The van der Waals surface area contributed by atoms with E-state index >= 15 is 0 Å². The van der Waals surface area contributed by atoms with Gasteiger partial charge < -0.3 is 10.6 Å². The molecule has 0 bridgehead atoms. The van der Waals surface area contributed by atoms with Gasteiger partial charge in [0.25, 0.3) is 17.6 Å². The average molecular weight is 378 g/mol. The summed E-state index contributed by atoms with van der Waals surface area (Å²) in [6.07, 6.45) is 4.26. The van der Waals surface area contributed by atoms with Gasteiger partial charge in [0.1, 0.15) is 0 Å². The molecule has 1 saturated carbocycles. The van der Waals surface area contributed by atoms with Gasteiger partial charge in [-0.25, -0.2) is 9.50 Å². The summed E-state index contributed by atoms with van der Waals surface area (Å²) >= 11 is 0. The number of carbonyl (C=O) groups is 2. The van der Waals surface area contributed by atoms with E-state index in [0.717, 1.165) is 37.1 Å². The van der Waals surface area contributed by atoms with E-state index in [2.05, 4.69) is 25.7 Å². The molecule has 0 unspecified atom stereocenters. The van der Waals surface area contributed by atoms with Crippen molar-refractivity contribution in [3.05, 3.63) is 53.1 Å². The first kappa shape index (κ1) is 18.1. The molecule has 3 aromatic rings. The molecule has 0 radical (unpaired) electrons. The molecule has 2 aromatic heterocycles. The van der Waals surface area contributed by atoms with Crippen LogP contribution in [-0.2, 0) is 0 Å². The maximum absolute atomic E-state index is 12.7. The zero-order valence-electron chi connectivity index (χ0n) is 15.9. The van der Waals surface area contributed by atoms with Gasteiger partial charge in [-0.3, -0.25) is 9.59 Å². The molecule has 1 aromatic carbocycles. The highest BCUT2D eigenvalue weighted by Crippen LogP contribution is 2.20. The van der Waals surface area contributed by atoms with Gasteiger partial charge in [-0.15, -0.1) is 5.10 Å². The fraction of sp³-hybridized carbons (Fsp3) is 0.350. The highest BCUT2D eigenvalue weighted by atomic mass is 16.2. The second-order valence-corrected chi connectivity index (χ2v) is 7.14. The fourth-order valence-corrected chi connectivity index (χ4v) is 3.56. The van der Waals surface area contributed by atoms with Crippen LogP contribution in [0, 0.1) is 13.8 Å². The molecule has 2 N–H and O–H groups in total. The first-order chi connectivity index (χ1) is 13.5. The average Bonchev–Trinajstić information content (AvgIpc) is 3.31. The summed E-state index contributed by atoms with van der Waals surface area (Å²) in [5, 5.41) is 10.0. The first-order valence-electron chi connectivity index (χ1n) is 9.43. The topological polar surface area (TPSA) is 101 Å². The SMILES string of the molecule is Cc1cc(C)n2nc(C(=O)Nc3ccccc3C(=O)NC3CCCC3)nc2n1. The van der Waals surface area contributed by atoms with Crippen LogP contribution in [0.2, 0.25) is 0 Å². The zero-order chi connectivity index (χ0) is 19.7. The molecule has 1 aliphatic rings. The number of nitrogens with zero attached hydrogens (tertiary/aromatic N) is 4. The predicted molar refractivity (Wildman–Crippen MR) is 104 cm³/mol. The highest BCUT2D eigenvalue weighted by molar-refractivity contribution is 6.07. The number of nitrogens with one attached hydrogen (secondary N) is 2. The normalized spacial score (nSPS) is 14.4. The number of para-hydroxylation sites is 1. The van der Waals surface area contributed by atoms with Crippen molar-refractivity contribution in [2.24, 2.45) is 0 Å². The van der Waals surface area contributed by atoms with Crippen molar-refractivity contribution in [3.63, 3.8) is 0 Å². The second kappa shape index (κ2) is 7.38. The summed E-state index contributed by atoms with van der Waals surface area (Å²) in [6.45, 7) is 3.74. The Hall–Kier alpha value is -3.29. The van der Waals surface area contributed by atoms with E-state index in [1.807, 2.05) is 19.9 Å². The van der Waals surface area contributed by atoms with Crippen molar-refractivity contribution >= 4 is 23.3 Å². The van der Waals surface area contributed by atoms with Gasteiger partial charge in [-0.05, 0) is 44.9 Å². The van der Waals surface area contributed by atoms with Crippen LogP contribution in [0.25, 0.3) is 5.78 Å². The number of fused-ring (bicyclic) bond motifs is 1. The predicted octanol–water partition coefficient (Wildman–Crippen LogP) is 2.67. The Kier molecular flexibility index (Phi) is 4.77. The summed E-state index contributed by atoms with van der Waals surface area (Å²) in [5.41, 5.74) is 2.50. The van der Waals surface area contributed by atoms with Crippen LogP contribution in [0.1, 0.15) is 58.0 Å². The quantitative estimate of drug-likeness (QED) is 0.727. The second-order valence-electron chi connectivity index (χ2n) is 7.14. The van der Waals surface area contributed by atoms with Crippen molar-refractivity contribution in [2.45, 2.75) is 45.6 Å². The number of hydrogen-bond donors (Lipinski definition) is 2. The van der Waals surface area contributed by atoms with E-state index in [0.29, 0.717) is 17.0 Å². The molecule has 0 aliphatic heterocycles. The van der Waals surface area contributed by atoms with E-state index in [1.54, 1.807) is 24.3 Å². The van der Waals surface area contributed by atoms with Crippen molar-refractivity contribution in [1.29, 1.82) is 0 Å². The van der Waals surface area contributed by atoms with Gasteiger partial charge in [0.05, 0.1) is 11.3 Å². The number of aromatic nitrogens is 4. The van der Waals surface area contributed by atoms with Crippen molar-refractivity contribution in [1.82, 2.24) is 24.9 Å². The molecule has 2 heterocycles. The third-order valence-corrected chi connectivity index (χ3v) is 4.93. The Morgan fingerprint density at radius 3 is 2.61 bits per heavy atom. The number of hydrogen-bond acceptors (Lipinski definition) is 5. The Morgan fingerprint density at radius 2 is 1.82 bits per heavy atom. The van der Waals surface area contributed by atoms with Crippen LogP contribution in [0.3, 0.4) is 0 Å². The molecule has 0 atom stereocenters. The van der Waals surface area contributed by atoms with Gasteiger partial charge >= 0.3 is 0 Å². The molecule has 28 heavy (non-hydrogen) atoms. The van der Waals surface area contributed by atoms with Crippen molar-refractivity contribution in [3.8, 4) is 0 Å². The number of anilines is 1. The smallest absolute Gasteiger partial charge is 0.295 e. The maximum Gasteiger partial charge on any atom is 0.295 e. The van der Waals surface area contributed by atoms with Gasteiger partial charge in [0.15, 0.2) is 0 Å². The van der Waals surface area contributed by atoms with Gasteiger partial charge in [-0.1, -0.05) is 25.0 Å². The lowest BCUT2D eigenvalue weighted by Gasteiger charge is -2.14. The molecule has 2 amide bonds. The lowest BCUT2D eigenvalue weighted by atomic mass is 10.1. The van der Waals surface area contributed by atoms with E-state index in [-0.39, 0.29) is 17.8 Å². The van der Waals surface area contributed by atoms with Gasteiger partial charge in [-0.2, -0.15) is 4.98 Å². The number of aryl methyl sites for hydroxylation is 2. The molecule has 1 fully saturated rings. The van der Waals surface area contributed by atoms with Crippen LogP contribution in [0.4, 0.5) is 5.69 Å². The highest BCUT2D eigenvalue weighted by Gasteiger charge is 2.21. The molecular formula is C20H22N6O2. The van der Waals surface area contributed by atoms with Crippen LogP contribution in [-0.4, -0.2) is 37.4 Å². The molecule has 1 aliphatic carbocycles. The Morgan fingerprint density at radius 1 is 1.07 bits per heavy atom. The van der Waals surface area contributed by atoms with E-state index in [1.165, 1.54) is 4.52 Å². The Balaban J connectivity index is 1.56. The summed E-state index contributed by atoms with van der Waals surface area (Å²) in [6, 6.07) is 9.02. The van der Waals surface area contributed by atoms with Gasteiger partial charge in [0.2, 0.25) is 5.82 Å². The summed E-state index contributed by atoms with van der Waals surface area (Å²) in [5.74, 6) is -0.287. The maximum atomic E-state index is 12.7. The van der Waals surface area contributed by atoms with E-state index in [9.17, 15) is 9.59 Å². The molecule has 0 saturated heterocycles. The molecule has 144 valence electrons. The Labute approximate surface area is 162 Å². The van der Waals surface area contributed by atoms with Gasteiger partial charge in [0, 0.05) is 17.4 Å². The fourth-order valence-electron chi connectivity index (χ4n) is 3.56. The lowest BCUT2D eigenvalue weighted by Crippen LogP contribution is -2.33. The molecular weight excluding hydrogens is 356 g/mol. The molecule has 0 spiro atoms. The third kappa shape index (κ3) is 3.58. The molecule has 8 nitrogen and oxygen atoms in total. The van der Waals surface area contributed by atoms with Crippen LogP contribution < -0.4 is 10.6 Å². The minimum atomic E-state index is -0.483. The molecule has 4 rings (SSSR count). The number of carbonyl (C=O) groups excluding carboxylic acids is 2. The monoisotopic (exact) mass is 378 g/mol. The lowest BCUT2D eigenvalue weighted by molar-refractivity contribution is 0.0939. The number of benzene rings is 1. The van der Waals surface area contributed by atoms with E-state index in [4.69, 9.17) is 0 Å². The summed E-state index contributed by atoms with van der Waals surface area (Å²) in [4.78, 5) is 33.9. The number of rotatable bonds is 4. The standard InChI is InChI=1S/C20H22N6O2/c1-12-11-13(2)26-20(21-12)24-17(25-26)19(28)23-16-10-6-5-9-15(16)18(27)22-14-7-3-4-8-14/h5-6,9-11,14H,3-4,7-8H2,1-2H3,(H,22,27)(H,23,28). The minimum Gasteiger partial charge on any atom is -0.349 e. The Bertz CT molecular complexity index is 1050. The third-order valence-electron chi connectivity index (χ3n) is 4.93. The minimum absolute atomic E-state index is 0.00667. The number of amides is 2. The summed E-state index contributed by atoms with van der Waals surface area (Å²) in [7, 11) is 0. The summed E-state index contributed by atoms with van der Waals surface area (Å²) < 4.78 is 1.53. The first-order valence-corrected chi connectivity index (χ1v) is 9.43. The van der Waals surface area contributed by atoms with Crippen molar-refractivity contribution in [2.75, 3.05) is 5.32 Å². The van der Waals surface area contributed by atoms with Crippen LogP contribution in [0.5, 0.6) is 0 Å². The van der Waals surface area contributed by atoms with Crippen molar-refractivity contribution < 1.29 is 9.59 Å². The van der Waals surface area contributed by atoms with Crippen LogP contribution >= 0.6 is 0 Å². The zero-order valence-corrected chi connectivity index (χ0v) is 15.9. The van der Waals surface area contributed by atoms with E-state index < -0.39 is 5.91 Å².